The first-order valence-corrected chi connectivity index (χ1v) is 8.74. The van der Waals surface area contributed by atoms with E-state index in [-0.39, 0.29) is 11.9 Å². The molecule has 1 fully saturated rings. The van der Waals surface area contributed by atoms with Crippen molar-refractivity contribution >= 4 is 34.2 Å². The molecule has 0 aliphatic carbocycles. The maximum Gasteiger partial charge on any atom is 0.354 e. The van der Waals surface area contributed by atoms with Crippen molar-refractivity contribution in [1.82, 2.24) is 14.9 Å². The molecule has 0 spiro atoms. The second-order valence-corrected chi connectivity index (χ2v) is 6.60. The van der Waals surface area contributed by atoms with Crippen LogP contribution >= 0.6 is 11.6 Å². The highest BCUT2D eigenvalue weighted by Gasteiger charge is 2.36. The van der Waals surface area contributed by atoms with Gasteiger partial charge in [0.25, 0.3) is 0 Å². The van der Waals surface area contributed by atoms with Gasteiger partial charge in [0.15, 0.2) is 0 Å². The number of hydrogen-bond donors (Lipinski definition) is 1. The molecule has 0 radical (unpaired) electrons. The summed E-state index contributed by atoms with van der Waals surface area (Å²) in [6.07, 6.45) is 0.734. The number of para-hydroxylation sites is 1. The lowest BCUT2D eigenvalue weighted by Gasteiger charge is -2.40. The maximum atomic E-state index is 12.8. The van der Waals surface area contributed by atoms with Gasteiger partial charge in [-0.25, -0.2) is 4.79 Å². The van der Waals surface area contributed by atoms with Crippen LogP contribution in [0.25, 0.3) is 16.6 Å². The summed E-state index contributed by atoms with van der Waals surface area (Å²) in [6.45, 7) is 0.678. The molecule has 0 saturated carbocycles. The van der Waals surface area contributed by atoms with E-state index in [2.05, 4.69) is 10.3 Å². The van der Waals surface area contributed by atoms with Crippen molar-refractivity contribution in [3.8, 4) is 5.69 Å². The Hall–Kier alpha value is -2.86. The highest BCUT2D eigenvalue weighted by atomic mass is 35.5. The largest absolute Gasteiger partial charge is 0.357 e. The molecule has 4 rings (SSSR count). The molecule has 1 aromatic heterocycles. The minimum Gasteiger partial charge on any atom is -0.357 e. The molecule has 1 aliphatic heterocycles. The van der Waals surface area contributed by atoms with E-state index in [4.69, 9.17) is 11.6 Å². The van der Waals surface area contributed by atoms with Gasteiger partial charge < -0.3 is 10.2 Å². The number of halogens is 1. The molecule has 1 atom stereocenters. The van der Waals surface area contributed by atoms with Crippen LogP contribution < -0.4 is 15.9 Å². The number of carbonyl (C=O) groups excluding carboxylic acids is 1. The zero-order valence-corrected chi connectivity index (χ0v) is 14.9. The SMILES string of the molecule is CNC(=O)C1CCN1c1nc(=O)n(-c2ccccc2)c2cc(Cl)ccc12. The fourth-order valence-electron chi connectivity index (χ4n) is 3.31. The minimum atomic E-state index is -0.400. The van der Waals surface area contributed by atoms with Crippen LogP contribution in [0.15, 0.2) is 53.3 Å². The fraction of sp³-hybridized carbons (Fsp3) is 0.211. The Bertz CT molecular complexity index is 1050. The van der Waals surface area contributed by atoms with Crippen molar-refractivity contribution < 1.29 is 4.79 Å². The van der Waals surface area contributed by atoms with Gasteiger partial charge in [-0.2, -0.15) is 4.98 Å². The van der Waals surface area contributed by atoms with Gasteiger partial charge >= 0.3 is 5.69 Å². The van der Waals surface area contributed by atoms with Gasteiger partial charge in [-0.3, -0.25) is 9.36 Å². The summed E-state index contributed by atoms with van der Waals surface area (Å²) in [4.78, 5) is 31.1. The highest BCUT2D eigenvalue weighted by Crippen LogP contribution is 2.32. The lowest BCUT2D eigenvalue weighted by Crippen LogP contribution is -2.56. The van der Waals surface area contributed by atoms with Gasteiger partial charge in [-0.1, -0.05) is 29.8 Å². The molecule has 26 heavy (non-hydrogen) atoms. The van der Waals surface area contributed by atoms with E-state index >= 15 is 0 Å². The Labute approximate surface area is 155 Å². The van der Waals surface area contributed by atoms with Crippen LogP contribution in [-0.4, -0.2) is 35.1 Å². The van der Waals surface area contributed by atoms with Crippen LogP contribution in [0.5, 0.6) is 0 Å². The number of carbonyl (C=O) groups is 1. The lowest BCUT2D eigenvalue weighted by atomic mass is 10.0. The Morgan fingerprint density at radius 2 is 2.00 bits per heavy atom. The Kier molecular flexibility index (Phi) is 4.12. The summed E-state index contributed by atoms with van der Waals surface area (Å²) in [5.41, 5.74) is 0.986. The standard InChI is InChI=1S/C19H17ClN4O2/c1-21-18(25)15-9-10-23(15)17-14-8-7-12(20)11-16(14)24(19(26)22-17)13-5-3-2-4-6-13/h2-8,11,15H,9-10H2,1H3,(H,21,25). The number of hydrogen-bond acceptors (Lipinski definition) is 4. The molecule has 3 aromatic rings. The Balaban J connectivity index is 1.95. The smallest absolute Gasteiger partial charge is 0.354 e. The average molecular weight is 369 g/mol. The van der Waals surface area contributed by atoms with Gasteiger partial charge in [0.05, 0.1) is 11.2 Å². The molecule has 1 N–H and O–H groups in total. The maximum absolute atomic E-state index is 12.8. The molecule has 0 bridgehead atoms. The van der Waals surface area contributed by atoms with E-state index < -0.39 is 5.69 Å². The van der Waals surface area contributed by atoms with Crippen LogP contribution in [0.4, 0.5) is 5.82 Å². The third-order valence-corrected chi connectivity index (χ3v) is 4.92. The summed E-state index contributed by atoms with van der Waals surface area (Å²) >= 11 is 6.20. The van der Waals surface area contributed by atoms with Gasteiger partial charge in [0.2, 0.25) is 5.91 Å². The Morgan fingerprint density at radius 3 is 2.65 bits per heavy atom. The number of amides is 1. The summed E-state index contributed by atoms with van der Waals surface area (Å²) in [5.74, 6) is 0.445. The monoisotopic (exact) mass is 368 g/mol. The van der Waals surface area contributed by atoms with Crippen LogP contribution in [-0.2, 0) is 4.79 Å². The van der Waals surface area contributed by atoms with E-state index in [0.29, 0.717) is 22.9 Å². The van der Waals surface area contributed by atoms with Gasteiger partial charge in [-0.05, 0) is 36.8 Å². The van der Waals surface area contributed by atoms with Gasteiger partial charge in [0.1, 0.15) is 11.9 Å². The highest BCUT2D eigenvalue weighted by molar-refractivity contribution is 6.31. The van der Waals surface area contributed by atoms with E-state index in [9.17, 15) is 9.59 Å². The molecule has 1 aliphatic rings. The number of aromatic nitrogens is 2. The molecular weight excluding hydrogens is 352 g/mol. The number of anilines is 1. The van der Waals surface area contributed by atoms with Crippen LogP contribution in [0.2, 0.25) is 5.02 Å². The average Bonchev–Trinajstić information content (AvgIpc) is 2.61. The summed E-state index contributed by atoms with van der Waals surface area (Å²) in [6, 6.07) is 14.4. The second kappa shape index (κ2) is 6.46. The molecule has 1 amide bonds. The van der Waals surface area contributed by atoms with Crippen molar-refractivity contribution in [2.45, 2.75) is 12.5 Å². The number of nitrogens with zero attached hydrogens (tertiary/aromatic N) is 3. The third-order valence-electron chi connectivity index (χ3n) is 4.69. The number of benzene rings is 2. The number of nitrogens with one attached hydrogen (secondary N) is 1. The minimum absolute atomic E-state index is 0.0765. The van der Waals surface area contributed by atoms with E-state index in [1.165, 1.54) is 0 Å². The first kappa shape index (κ1) is 16.6. The summed E-state index contributed by atoms with van der Waals surface area (Å²) < 4.78 is 1.54. The zero-order chi connectivity index (χ0) is 18.3. The van der Waals surface area contributed by atoms with Gasteiger partial charge in [0, 0.05) is 24.0 Å². The number of fused-ring (bicyclic) bond motifs is 1. The lowest BCUT2D eigenvalue weighted by molar-refractivity contribution is -0.123. The fourth-order valence-corrected chi connectivity index (χ4v) is 3.47. The topological polar surface area (TPSA) is 67.2 Å². The predicted molar refractivity (Wildman–Crippen MR) is 102 cm³/mol. The normalized spacial score (nSPS) is 16.4. The van der Waals surface area contributed by atoms with E-state index in [1.54, 1.807) is 23.7 Å². The van der Waals surface area contributed by atoms with E-state index in [0.717, 1.165) is 17.5 Å². The molecule has 6 nitrogen and oxygen atoms in total. The molecule has 7 heteroatoms. The third kappa shape index (κ3) is 2.63. The number of likely N-dealkylation sites (N-methyl/N-ethyl adjacent to an activating group) is 1. The van der Waals surface area contributed by atoms with Crippen molar-refractivity contribution in [2.24, 2.45) is 0 Å². The summed E-state index contributed by atoms with van der Waals surface area (Å²) in [5, 5.41) is 3.98. The molecule has 1 unspecified atom stereocenters. The second-order valence-electron chi connectivity index (χ2n) is 6.16. The van der Waals surface area contributed by atoms with Crippen molar-refractivity contribution in [3.63, 3.8) is 0 Å². The molecule has 2 heterocycles. The molecule has 132 valence electrons. The summed E-state index contributed by atoms with van der Waals surface area (Å²) in [7, 11) is 1.61. The van der Waals surface area contributed by atoms with Crippen LogP contribution in [0.3, 0.4) is 0 Å². The van der Waals surface area contributed by atoms with Crippen molar-refractivity contribution in [3.05, 3.63) is 64.0 Å². The first-order chi connectivity index (χ1) is 12.6. The predicted octanol–water partition coefficient (Wildman–Crippen LogP) is 2.36. The first-order valence-electron chi connectivity index (χ1n) is 8.36. The molecule has 2 aromatic carbocycles. The van der Waals surface area contributed by atoms with Gasteiger partial charge in [-0.15, -0.1) is 0 Å². The van der Waals surface area contributed by atoms with E-state index in [1.807, 2.05) is 41.3 Å². The molecular formula is C19H17ClN4O2. The van der Waals surface area contributed by atoms with Crippen LogP contribution in [0, 0.1) is 0 Å². The van der Waals surface area contributed by atoms with Crippen molar-refractivity contribution in [2.75, 3.05) is 18.5 Å². The Morgan fingerprint density at radius 1 is 1.23 bits per heavy atom. The quantitative estimate of drug-likeness (QED) is 0.770. The van der Waals surface area contributed by atoms with Crippen LogP contribution in [0.1, 0.15) is 6.42 Å². The molecule has 1 saturated heterocycles. The number of rotatable bonds is 3. The van der Waals surface area contributed by atoms with Crippen molar-refractivity contribution in [1.29, 1.82) is 0 Å². The zero-order valence-electron chi connectivity index (χ0n) is 14.1.